The van der Waals surface area contributed by atoms with Gasteiger partial charge in [-0.25, -0.2) is 4.39 Å². The molecule has 0 saturated heterocycles. The molecule has 0 bridgehead atoms. The molecule has 0 aliphatic heterocycles. The van der Waals surface area contributed by atoms with Crippen LogP contribution >= 0.6 is 0 Å². The molecule has 0 unspecified atom stereocenters. The molecule has 1 aromatic carbocycles. The molecule has 1 aliphatic carbocycles. The molecule has 13 heavy (non-hydrogen) atoms. The Kier molecular flexibility index (Phi) is 1.88. The molecule has 0 heterocycles. The fourth-order valence-corrected chi connectivity index (χ4v) is 1.72. The third-order valence-electron chi connectivity index (χ3n) is 2.78. The van der Waals surface area contributed by atoms with E-state index in [0.29, 0.717) is 0 Å². The Morgan fingerprint density at radius 3 is 2.69 bits per heavy atom. The van der Waals surface area contributed by atoms with E-state index < -0.39 is 0 Å². The van der Waals surface area contributed by atoms with Crippen LogP contribution in [0.3, 0.4) is 0 Å². The molecular weight excluding hydrogens is 165 g/mol. The largest absolute Gasteiger partial charge is 0.321 e. The van der Waals surface area contributed by atoms with E-state index in [0.717, 1.165) is 24.8 Å². The van der Waals surface area contributed by atoms with Gasteiger partial charge in [-0.15, -0.1) is 0 Å². The first kappa shape index (κ1) is 8.70. The van der Waals surface area contributed by atoms with Gasteiger partial charge in [0.1, 0.15) is 5.82 Å². The van der Waals surface area contributed by atoms with Crippen LogP contribution < -0.4 is 5.73 Å². The quantitative estimate of drug-likeness (QED) is 0.740. The lowest BCUT2D eigenvalue weighted by Crippen LogP contribution is -2.20. The summed E-state index contributed by atoms with van der Waals surface area (Å²) < 4.78 is 13.0. The molecule has 0 atom stereocenters. The van der Waals surface area contributed by atoms with E-state index in [4.69, 9.17) is 5.73 Å². The van der Waals surface area contributed by atoms with Crippen molar-refractivity contribution in [3.63, 3.8) is 0 Å². The van der Waals surface area contributed by atoms with Crippen molar-refractivity contribution in [3.8, 4) is 0 Å². The molecule has 70 valence electrons. The summed E-state index contributed by atoms with van der Waals surface area (Å²) in [6, 6.07) is 4.94. The first-order valence-corrected chi connectivity index (χ1v) is 4.73. The molecule has 2 N–H and O–H groups in total. The van der Waals surface area contributed by atoms with Crippen LogP contribution in [-0.4, -0.2) is 0 Å². The van der Waals surface area contributed by atoms with E-state index in [1.54, 1.807) is 6.07 Å². The van der Waals surface area contributed by atoms with Crippen LogP contribution in [0.2, 0.25) is 0 Å². The van der Waals surface area contributed by atoms with Crippen molar-refractivity contribution in [2.75, 3.05) is 0 Å². The number of benzene rings is 1. The zero-order chi connectivity index (χ0) is 9.47. The average Bonchev–Trinajstić information content (AvgIpc) is 2.85. The van der Waals surface area contributed by atoms with E-state index in [2.05, 4.69) is 6.92 Å². The van der Waals surface area contributed by atoms with Crippen molar-refractivity contribution in [1.29, 1.82) is 0 Å². The number of aryl methyl sites for hydroxylation is 1. The monoisotopic (exact) mass is 179 g/mol. The highest BCUT2D eigenvalue weighted by Crippen LogP contribution is 2.44. The van der Waals surface area contributed by atoms with Crippen LogP contribution in [0.5, 0.6) is 0 Å². The lowest BCUT2D eigenvalue weighted by atomic mass is 9.97. The van der Waals surface area contributed by atoms with Crippen LogP contribution in [0.4, 0.5) is 4.39 Å². The van der Waals surface area contributed by atoms with Gasteiger partial charge in [0.15, 0.2) is 0 Å². The van der Waals surface area contributed by atoms with Gasteiger partial charge in [-0.3, -0.25) is 0 Å². The minimum absolute atomic E-state index is 0.177. The molecule has 1 aliphatic rings. The standard InChI is InChI=1S/C11H14FN/c1-2-8-3-4-9(12)7-10(8)11(13)5-6-11/h3-4,7H,2,5-6,13H2,1H3. The Morgan fingerprint density at radius 2 is 2.15 bits per heavy atom. The number of hydrogen-bond donors (Lipinski definition) is 1. The van der Waals surface area contributed by atoms with Crippen molar-refractivity contribution in [3.05, 3.63) is 35.1 Å². The molecule has 0 aromatic heterocycles. The van der Waals surface area contributed by atoms with Crippen LogP contribution in [0.15, 0.2) is 18.2 Å². The third kappa shape index (κ3) is 1.46. The summed E-state index contributed by atoms with van der Waals surface area (Å²) >= 11 is 0. The molecule has 2 rings (SSSR count). The van der Waals surface area contributed by atoms with Gasteiger partial charge in [-0.2, -0.15) is 0 Å². The van der Waals surface area contributed by atoms with Gasteiger partial charge in [0.2, 0.25) is 0 Å². The van der Waals surface area contributed by atoms with Gasteiger partial charge in [-0.05, 0) is 42.5 Å². The number of hydrogen-bond acceptors (Lipinski definition) is 1. The number of halogens is 1. The molecule has 1 nitrogen and oxygen atoms in total. The molecular formula is C11H14FN. The van der Waals surface area contributed by atoms with E-state index in [1.807, 2.05) is 6.07 Å². The lowest BCUT2D eigenvalue weighted by molar-refractivity contribution is 0.615. The van der Waals surface area contributed by atoms with E-state index >= 15 is 0 Å². The smallest absolute Gasteiger partial charge is 0.123 e. The highest BCUT2D eigenvalue weighted by atomic mass is 19.1. The topological polar surface area (TPSA) is 26.0 Å². The summed E-state index contributed by atoms with van der Waals surface area (Å²) in [5, 5.41) is 0. The summed E-state index contributed by atoms with van der Waals surface area (Å²) in [6.45, 7) is 2.07. The van der Waals surface area contributed by atoms with Gasteiger partial charge >= 0.3 is 0 Å². The first-order chi connectivity index (χ1) is 6.15. The van der Waals surface area contributed by atoms with Crippen molar-refractivity contribution >= 4 is 0 Å². The Labute approximate surface area is 77.8 Å². The van der Waals surface area contributed by atoms with Crippen molar-refractivity contribution < 1.29 is 4.39 Å². The third-order valence-corrected chi connectivity index (χ3v) is 2.78. The second kappa shape index (κ2) is 2.81. The van der Waals surface area contributed by atoms with Gasteiger partial charge in [0.05, 0.1) is 0 Å². The summed E-state index contributed by atoms with van der Waals surface area (Å²) in [5.41, 5.74) is 8.02. The molecule has 1 fully saturated rings. The lowest BCUT2D eigenvalue weighted by Gasteiger charge is -2.13. The normalized spacial score (nSPS) is 18.7. The second-order valence-corrected chi connectivity index (χ2v) is 3.81. The summed E-state index contributed by atoms with van der Waals surface area (Å²) in [6.07, 6.45) is 2.90. The van der Waals surface area contributed by atoms with E-state index in [9.17, 15) is 4.39 Å². The van der Waals surface area contributed by atoms with Crippen molar-refractivity contribution in [2.45, 2.75) is 31.7 Å². The number of nitrogens with two attached hydrogens (primary N) is 1. The predicted octanol–water partition coefficient (Wildman–Crippen LogP) is 2.34. The molecule has 1 saturated carbocycles. The summed E-state index contributed by atoms with van der Waals surface area (Å²) in [5.74, 6) is -0.177. The highest BCUT2D eigenvalue weighted by Gasteiger charge is 2.41. The number of rotatable bonds is 2. The first-order valence-electron chi connectivity index (χ1n) is 4.73. The molecule has 0 spiro atoms. The SMILES string of the molecule is CCc1ccc(F)cc1C1(N)CC1. The molecule has 2 heteroatoms. The maximum atomic E-state index is 13.0. The maximum Gasteiger partial charge on any atom is 0.123 e. The Hall–Kier alpha value is -0.890. The Morgan fingerprint density at radius 1 is 1.46 bits per heavy atom. The average molecular weight is 179 g/mol. The highest BCUT2D eigenvalue weighted by molar-refractivity contribution is 5.37. The van der Waals surface area contributed by atoms with Crippen molar-refractivity contribution in [1.82, 2.24) is 0 Å². The Balaban J connectivity index is 2.47. The molecule has 0 radical (unpaired) electrons. The van der Waals surface area contributed by atoms with Gasteiger partial charge in [0, 0.05) is 5.54 Å². The van der Waals surface area contributed by atoms with Crippen LogP contribution in [0.1, 0.15) is 30.9 Å². The van der Waals surface area contributed by atoms with Crippen LogP contribution in [0, 0.1) is 5.82 Å². The summed E-state index contributed by atoms with van der Waals surface area (Å²) in [4.78, 5) is 0. The second-order valence-electron chi connectivity index (χ2n) is 3.81. The van der Waals surface area contributed by atoms with Crippen LogP contribution in [-0.2, 0) is 12.0 Å². The predicted molar refractivity (Wildman–Crippen MR) is 50.9 cm³/mol. The van der Waals surface area contributed by atoms with Gasteiger partial charge in [0.25, 0.3) is 0 Å². The summed E-state index contributed by atoms with van der Waals surface area (Å²) in [7, 11) is 0. The van der Waals surface area contributed by atoms with E-state index in [1.165, 1.54) is 11.6 Å². The molecule has 1 aromatic rings. The Bertz CT molecular complexity index is 329. The van der Waals surface area contributed by atoms with Crippen LogP contribution in [0.25, 0.3) is 0 Å². The fraction of sp³-hybridized carbons (Fsp3) is 0.455. The fourth-order valence-electron chi connectivity index (χ4n) is 1.72. The minimum atomic E-state index is -0.215. The van der Waals surface area contributed by atoms with Gasteiger partial charge < -0.3 is 5.73 Å². The molecule has 0 amide bonds. The van der Waals surface area contributed by atoms with Crippen molar-refractivity contribution in [2.24, 2.45) is 5.73 Å². The zero-order valence-corrected chi connectivity index (χ0v) is 7.81. The van der Waals surface area contributed by atoms with Gasteiger partial charge in [-0.1, -0.05) is 13.0 Å². The van der Waals surface area contributed by atoms with E-state index in [-0.39, 0.29) is 11.4 Å². The minimum Gasteiger partial charge on any atom is -0.321 e. The zero-order valence-electron chi connectivity index (χ0n) is 7.81. The maximum absolute atomic E-state index is 13.0.